The number of amides is 1. The monoisotopic (exact) mass is 319 g/mol. The third-order valence-corrected chi connectivity index (χ3v) is 3.51. The molecule has 4 nitrogen and oxygen atoms in total. The predicted molar refractivity (Wildman–Crippen MR) is 77.5 cm³/mol. The van der Waals surface area contributed by atoms with Crippen LogP contribution >= 0.6 is 0 Å². The van der Waals surface area contributed by atoms with Gasteiger partial charge in [0.15, 0.2) is 0 Å². The van der Waals surface area contributed by atoms with Crippen molar-refractivity contribution in [3.63, 3.8) is 0 Å². The van der Waals surface area contributed by atoms with Gasteiger partial charge in [0.1, 0.15) is 0 Å². The molecule has 23 heavy (non-hydrogen) atoms. The van der Waals surface area contributed by atoms with Gasteiger partial charge in [0, 0.05) is 12.6 Å². The van der Waals surface area contributed by atoms with Crippen LogP contribution in [0, 0.1) is 0 Å². The predicted octanol–water partition coefficient (Wildman–Crippen LogP) is 3.32. The Morgan fingerprint density at radius 2 is 1.78 bits per heavy atom. The number of halogens is 3. The maximum atomic E-state index is 12.8. The van der Waals surface area contributed by atoms with Crippen molar-refractivity contribution >= 4 is 11.6 Å². The van der Waals surface area contributed by atoms with Crippen molar-refractivity contribution in [2.24, 2.45) is 5.10 Å². The summed E-state index contributed by atoms with van der Waals surface area (Å²) in [6.45, 7) is 0. The van der Waals surface area contributed by atoms with Gasteiger partial charge in [-0.05, 0) is 17.7 Å². The second-order valence-corrected chi connectivity index (χ2v) is 5.04. The maximum Gasteiger partial charge on any atom is 0.473 e. The van der Waals surface area contributed by atoms with Crippen LogP contribution in [0.15, 0.2) is 59.8 Å². The van der Waals surface area contributed by atoms with Crippen LogP contribution in [0.25, 0.3) is 0 Å². The first-order valence-corrected chi connectivity index (χ1v) is 6.91. The Morgan fingerprint density at radius 3 is 2.39 bits per heavy atom. The molecule has 0 saturated carbocycles. The number of hydrogen-bond acceptors (Lipinski definition) is 3. The van der Waals surface area contributed by atoms with Crippen LogP contribution in [0.2, 0.25) is 0 Å². The van der Waals surface area contributed by atoms with E-state index in [9.17, 15) is 18.0 Å². The summed E-state index contributed by atoms with van der Waals surface area (Å²) in [5.74, 6) is -1.97. The molecule has 1 unspecified atom stereocenters. The molecule has 0 bridgehead atoms. The molecule has 1 aliphatic heterocycles. The summed E-state index contributed by atoms with van der Waals surface area (Å²) in [6.07, 6.45) is -3.26. The van der Waals surface area contributed by atoms with E-state index in [4.69, 9.17) is 0 Å². The molecule has 118 valence electrons. The molecule has 0 spiro atoms. The first-order valence-electron chi connectivity index (χ1n) is 6.91. The van der Waals surface area contributed by atoms with Crippen LogP contribution < -0.4 is 0 Å². The molecule has 1 aromatic carbocycles. The first kappa shape index (κ1) is 15.2. The Bertz CT molecular complexity index is 729. The lowest BCUT2D eigenvalue weighted by atomic mass is 10.0. The van der Waals surface area contributed by atoms with Crippen molar-refractivity contribution in [1.82, 2.24) is 9.99 Å². The number of hydrazone groups is 1. The fourth-order valence-corrected chi connectivity index (χ4v) is 2.45. The number of benzene rings is 1. The van der Waals surface area contributed by atoms with Crippen molar-refractivity contribution in [2.75, 3.05) is 0 Å². The van der Waals surface area contributed by atoms with E-state index >= 15 is 0 Å². The molecule has 1 amide bonds. The Labute approximate surface area is 130 Å². The van der Waals surface area contributed by atoms with Gasteiger partial charge >= 0.3 is 12.1 Å². The van der Waals surface area contributed by atoms with Gasteiger partial charge in [0.05, 0.1) is 17.4 Å². The Morgan fingerprint density at radius 1 is 1.09 bits per heavy atom. The lowest BCUT2D eigenvalue weighted by Crippen LogP contribution is -2.38. The van der Waals surface area contributed by atoms with Crippen LogP contribution in [0.3, 0.4) is 0 Å². The Kier molecular flexibility index (Phi) is 3.85. The minimum Gasteiger partial charge on any atom is -0.262 e. The number of hydrogen-bond donors (Lipinski definition) is 0. The van der Waals surface area contributed by atoms with Gasteiger partial charge in [-0.2, -0.15) is 18.3 Å². The number of carbonyl (C=O) groups excluding carboxylic acids is 1. The van der Waals surface area contributed by atoms with Crippen molar-refractivity contribution in [3.05, 3.63) is 66.0 Å². The average molecular weight is 319 g/mol. The molecule has 0 fully saturated rings. The second kappa shape index (κ2) is 5.83. The molecule has 1 aromatic heterocycles. The maximum absolute atomic E-state index is 12.8. The van der Waals surface area contributed by atoms with E-state index in [0.717, 1.165) is 0 Å². The minimum absolute atomic E-state index is 0.183. The summed E-state index contributed by atoms with van der Waals surface area (Å²) in [4.78, 5) is 15.8. The van der Waals surface area contributed by atoms with Crippen molar-refractivity contribution in [2.45, 2.75) is 18.6 Å². The Hall–Kier alpha value is -2.70. The zero-order chi connectivity index (χ0) is 16.4. The molecule has 0 saturated heterocycles. The molecule has 1 atom stereocenters. The zero-order valence-electron chi connectivity index (χ0n) is 11.9. The highest BCUT2D eigenvalue weighted by atomic mass is 19.4. The molecular weight excluding hydrogens is 307 g/mol. The molecule has 0 aliphatic carbocycles. The van der Waals surface area contributed by atoms with E-state index < -0.39 is 18.1 Å². The highest BCUT2D eigenvalue weighted by molar-refractivity contribution is 6.02. The summed E-state index contributed by atoms with van der Waals surface area (Å²) >= 11 is 0. The summed E-state index contributed by atoms with van der Waals surface area (Å²) in [7, 11) is 0. The van der Waals surface area contributed by atoms with E-state index in [1.54, 1.807) is 48.5 Å². The van der Waals surface area contributed by atoms with E-state index in [1.807, 2.05) is 0 Å². The summed E-state index contributed by atoms with van der Waals surface area (Å²) < 4.78 is 38.5. The van der Waals surface area contributed by atoms with Gasteiger partial charge in [-0.15, -0.1) is 0 Å². The van der Waals surface area contributed by atoms with Gasteiger partial charge in [0.25, 0.3) is 0 Å². The van der Waals surface area contributed by atoms with Gasteiger partial charge < -0.3 is 0 Å². The SMILES string of the molecule is O=C(N1N=C(c2ccccn2)CC1c1ccccc1)C(F)(F)F. The van der Waals surface area contributed by atoms with Crippen molar-refractivity contribution in [3.8, 4) is 0 Å². The lowest BCUT2D eigenvalue weighted by molar-refractivity contribution is -0.187. The number of carbonyl (C=O) groups is 1. The van der Waals surface area contributed by atoms with Crippen molar-refractivity contribution in [1.29, 1.82) is 0 Å². The fraction of sp³-hybridized carbons (Fsp3) is 0.188. The molecule has 2 aromatic rings. The number of alkyl halides is 3. The molecule has 1 aliphatic rings. The van der Waals surface area contributed by atoms with Crippen LogP contribution in [0.4, 0.5) is 13.2 Å². The number of rotatable bonds is 2. The van der Waals surface area contributed by atoms with Gasteiger partial charge in [-0.1, -0.05) is 36.4 Å². The molecule has 2 heterocycles. The second-order valence-electron chi connectivity index (χ2n) is 5.04. The third-order valence-electron chi connectivity index (χ3n) is 3.51. The fourth-order valence-electron chi connectivity index (χ4n) is 2.45. The molecule has 0 N–H and O–H groups in total. The summed E-state index contributed by atoms with van der Waals surface area (Å²) in [5.41, 5.74) is 1.42. The summed E-state index contributed by atoms with van der Waals surface area (Å²) in [6, 6.07) is 12.8. The highest BCUT2D eigenvalue weighted by Crippen LogP contribution is 2.35. The van der Waals surface area contributed by atoms with Crippen LogP contribution in [0.5, 0.6) is 0 Å². The van der Waals surface area contributed by atoms with Crippen LogP contribution in [-0.2, 0) is 4.79 Å². The minimum atomic E-state index is -4.98. The van der Waals surface area contributed by atoms with Crippen LogP contribution in [0.1, 0.15) is 23.7 Å². The first-order chi connectivity index (χ1) is 11.0. The molecule has 3 rings (SSSR count). The smallest absolute Gasteiger partial charge is 0.262 e. The zero-order valence-corrected chi connectivity index (χ0v) is 11.9. The van der Waals surface area contributed by atoms with Gasteiger partial charge in [-0.3, -0.25) is 9.78 Å². The topological polar surface area (TPSA) is 45.6 Å². The van der Waals surface area contributed by atoms with Gasteiger partial charge in [0.2, 0.25) is 0 Å². The largest absolute Gasteiger partial charge is 0.473 e. The van der Waals surface area contributed by atoms with Gasteiger partial charge in [-0.25, -0.2) is 5.01 Å². The quantitative estimate of drug-likeness (QED) is 0.852. The Balaban J connectivity index is 1.99. The molecule has 0 radical (unpaired) electrons. The van der Waals surface area contributed by atoms with Crippen LogP contribution in [-0.4, -0.2) is 27.8 Å². The van der Waals surface area contributed by atoms with Crippen molar-refractivity contribution < 1.29 is 18.0 Å². The normalized spacial score (nSPS) is 18.0. The highest BCUT2D eigenvalue weighted by Gasteiger charge is 2.47. The van der Waals surface area contributed by atoms with E-state index in [-0.39, 0.29) is 6.42 Å². The number of nitrogens with zero attached hydrogens (tertiary/aromatic N) is 3. The lowest BCUT2D eigenvalue weighted by Gasteiger charge is -2.22. The van der Waals surface area contributed by atoms with E-state index in [0.29, 0.717) is 22.0 Å². The molecular formula is C16H12F3N3O. The number of pyridine rings is 1. The summed E-state index contributed by atoms with van der Waals surface area (Å²) in [5, 5.41) is 4.41. The van der Waals surface area contributed by atoms with E-state index in [1.165, 1.54) is 6.20 Å². The standard InChI is InChI=1S/C16H12F3N3O/c17-16(18,19)15(23)22-14(11-6-2-1-3-7-11)10-13(21-22)12-8-4-5-9-20-12/h1-9,14H,10H2. The third kappa shape index (κ3) is 3.08. The average Bonchev–Trinajstić information content (AvgIpc) is 3.00. The number of aromatic nitrogens is 1. The molecule has 7 heteroatoms. The van der Waals surface area contributed by atoms with E-state index in [2.05, 4.69) is 10.1 Å².